The van der Waals surface area contributed by atoms with Crippen LogP contribution in [0.25, 0.3) is 11.3 Å². The summed E-state index contributed by atoms with van der Waals surface area (Å²) in [4.78, 5) is 16.4. The minimum atomic E-state index is -0.933. The molecule has 2 aromatic carbocycles. The molecular weight excluding hydrogens is 391 g/mol. The van der Waals surface area contributed by atoms with E-state index in [4.69, 9.17) is 23.2 Å². The molecule has 0 bridgehead atoms. The van der Waals surface area contributed by atoms with Crippen molar-refractivity contribution < 1.29 is 9.90 Å². The lowest BCUT2D eigenvalue weighted by atomic mass is 10.1. The first-order chi connectivity index (χ1) is 12.4. The van der Waals surface area contributed by atoms with Crippen LogP contribution in [0.4, 0.5) is 5.69 Å². The average molecular weight is 405 g/mol. The summed E-state index contributed by atoms with van der Waals surface area (Å²) in [5, 5.41) is 10.2. The predicted octanol–water partition coefficient (Wildman–Crippen LogP) is 6.18. The molecule has 4 nitrogen and oxygen atoms in total. The highest BCUT2D eigenvalue weighted by Gasteiger charge is 2.08. The molecule has 3 aromatic rings. The van der Waals surface area contributed by atoms with Gasteiger partial charge >= 0.3 is 5.97 Å². The molecule has 0 saturated heterocycles. The number of anilines is 1. The van der Waals surface area contributed by atoms with Crippen molar-refractivity contribution in [3.05, 3.63) is 75.9 Å². The molecule has 7 heteroatoms. The van der Waals surface area contributed by atoms with Crippen molar-refractivity contribution in [1.29, 1.82) is 0 Å². The van der Waals surface area contributed by atoms with Crippen LogP contribution < -0.4 is 4.72 Å². The van der Waals surface area contributed by atoms with Gasteiger partial charge in [-0.1, -0.05) is 35.3 Å². The number of carboxylic acid groups (broad SMARTS) is 1. The summed E-state index contributed by atoms with van der Waals surface area (Å²) in [6.45, 7) is 1.77. The van der Waals surface area contributed by atoms with Crippen LogP contribution >= 0.6 is 35.1 Å². The van der Waals surface area contributed by atoms with Crippen LogP contribution in [0.1, 0.15) is 15.9 Å². The van der Waals surface area contributed by atoms with Gasteiger partial charge in [-0.3, -0.25) is 4.98 Å². The third kappa shape index (κ3) is 4.30. The zero-order chi connectivity index (χ0) is 18.7. The largest absolute Gasteiger partial charge is 0.478 e. The second-order valence-electron chi connectivity index (χ2n) is 5.55. The highest BCUT2D eigenvalue weighted by Crippen LogP contribution is 2.29. The second kappa shape index (κ2) is 7.99. The van der Waals surface area contributed by atoms with E-state index in [0.29, 0.717) is 15.6 Å². The number of pyridine rings is 1. The van der Waals surface area contributed by atoms with Gasteiger partial charge in [0, 0.05) is 10.5 Å². The maximum Gasteiger partial charge on any atom is 0.335 e. The first-order valence-electron chi connectivity index (χ1n) is 7.62. The van der Waals surface area contributed by atoms with Crippen molar-refractivity contribution in [1.82, 2.24) is 4.98 Å². The molecule has 1 heterocycles. The molecule has 0 amide bonds. The molecule has 0 aliphatic rings. The Morgan fingerprint density at radius 3 is 2.54 bits per heavy atom. The average Bonchev–Trinajstić information content (AvgIpc) is 2.63. The Morgan fingerprint density at radius 2 is 1.88 bits per heavy atom. The summed E-state index contributed by atoms with van der Waals surface area (Å²) in [5.74, 6) is -0.933. The van der Waals surface area contributed by atoms with Gasteiger partial charge in [-0.05, 0) is 60.8 Å². The number of nitrogens with zero attached hydrogens (tertiary/aromatic N) is 1. The number of halogens is 2. The number of carboxylic acids is 1. The van der Waals surface area contributed by atoms with Crippen LogP contribution in [-0.4, -0.2) is 16.1 Å². The lowest BCUT2D eigenvalue weighted by Crippen LogP contribution is -2.00. The van der Waals surface area contributed by atoms with Gasteiger partial charge in [0.1, 0.15) is 0 Å². The van der Waals surface area contributed by atoms with Crippen LogP contribution in [0.5, 0.6) is 0 Å². The maximum absolute atomic E-state index is 11.2. The minimum absolute atomic E-state index is 0.296. The van der Waals surface area contributed by atoms with Gasteiger partial charge in [0.25, 0.3) is 0 Å². The highest BCUT2D eigenvalue weighted by atomic mass is 35.5. The number of hydrogen-bond acceptors (Lipinski definition) is 4. The Morgan fingerprint density at radius 1 is 1.08 bits per heavy atom. The lowest BCUT2D eigenvalue weighted by Gasteiger charge is -2.08. The first kappa shape index (κ1) is 18.6. The van der Waals surface area contributed by atoms with Gasteiger partial charge in [0.2, 0.25) is 0 Å². The van der Waals surface area contributed by atoms with Crippen molar-refractivity contribution in [3.63, 3.8) is 0 Å². The van der Waals surface area contributed by atoms with E-state index in [-0.39, 0.29) is 0 Å². The number of nitrogens with one attached hydrogen (secondary N) is 1. The summed E-state index contributed by atoms with van der Waals surface area (Å²) in [7, 11) is 0. The fraction of sp³-hybridized carbons (Fsp3) is 0.0526. The van der Waals surface area contributed by atoms with Gasteiger partial charge in [0.15, 0.2) is 0 Å². The van der Waals surface area contributed by atoms with E-state index in [1.54, 1.807) is 37.4 Å². The SMILES string of the molecule is Cc1ccc(SNc2ccc(-c3ccc(Cl)c(Cl)c3)nc2)cc1C(=O)O. The van der Waals surface area contributed by atoms with Crippen molar-refractivity contribution in [3.8, 4) is 11.3 Å². The van der Waals surface area contributed by atoms with E-state index >= 15 is 0 Å². The van der Waals surface area contributed by atoms with Crippen molar-refractivity contribution in [2.75, 3.05) is 4.72 Å². The zero-order valence-corrected chi connectivity index (χ0v) is 16.0. The molecular formula is C19H14Cl2N2O2S. The highest BCUT2D eigenvalue weighted by molar-refractivity contribution is 8.00. The van der Waals surface area contributed by atoms with Gasteiger partial charge in [-0.2, -0.15) is 0 Å². The third-order valence-electron chi connectivity index (χ3n) is 3.71. The summed E-state index contributed by atoms with van der Waals surface area (Å²) in [6, 6.07) is 14.4. The lowest BCUT2D eigenvalue weighted by molar-refractivity contribution is 0.0696. The maximum atomic E-state index is 11.2. The van der Waals surface area contributed by atoms with Crippen LogP contribution in [0.3, 0.4) is 0 Å². The Kier molecular flexibility index (Phi) is 5.71. The van der Waals surface area contributed by atoms with E-state index in [1.165, 1.54) is 11.9 Å². The van der Waals surface area contributed by atoms with E-state index in [0.717, 1.165) is 27.4 Å². The Balaban J connectivity index is 1.71. The van der Waals surface area contributed by atoms with Crippen LogP contribution in [0.2, 0.25) is 10.0 Å². The number of carbonyl (C=O) groups is 1. The number of aromatic carboxylic acids is 1. The van der Waals surface area contributed by atoms with Gasteiger partial charge in [-0.15, -0.1) is 0 Å². The molecule has 0 aliphatic heterocycles. The summed E-state index contributed by atoms with van der Waals surface area (Å²) < 4.78 is 3.16. The van der Waals surface area contributed by atoms with E-state index in [1.807, 2.05) is 24.3 Å². The van der Waals surface area contributed by atoms with Gasteiger partial charge in [0.05, 0.1) is 33.2 Å². The van der Waals surface area contributed by atoms with Crippen molar-refractivity contribution in [2.45, 2.75) is 11.8 Å². The number of hydrogen-bond donors (Lipinski definition) is 2. The quantitative estimate of drug-likeness (QED) is 0.496. The van der Waals surface area contributed by atoms with Crippen molar-refractivity contribution >= 4 is 46.8 Å². The molecule has 0 atom stereocenters. The summed E-state index contributed by atoms with van der Waals surface area (Å²) in [6.07, 6.45) is 1.71. The van der Waals surface area contributed by atoms with Crippen molar-refractivity contribution in [2.24, 2.45) is 0 Å². The molecule has 0 aliphatic carbocycles. The molecule has 0 saturated carbocycles. The molecule has 2 N–H and O–H groups in total. The Labute approximate surface area is 165 Å². The van der Waals surface area contributed by atoms with Crippen LogP contribution in [0.15, 0.2) is 59.6 Å². The third-order valence-corrected chi connectivity index (χ3v) is 5.27. The molecule has 0 unspecified atom stereocenters. The fourth-order valence-electron chi connectivity index (χ4n) is 2.29. The Bertz CT molecular complexity index is 962. The molecule has 1 aromatic heterocycles. The molecule has 0 radical (unpaired) electrons. The van der Waals surface area contributed by atoms with Gasteiger partial charge < -0.3 is 9.83 Å². The number of rotatable bonds is 5. The molecule has 0 fully saturated rings. The molecule has 0 spiro atoms. The summed E-state index contributed by atoms with van der Waals surface area (Å²) >= 11 is 13.3. The number of benzene rings is 2. The second-order valence-corrected chi connectivity index (χ2v) is 7.24. The predicted molar refractivity (Wildman–Crippen MR) is 107 cm³/mol. The molecule has 26 heavy (non-hydrogen) atoms. The van der Waals surface area contributed by atoms with E-state index in [9.17, 15) is 9.90 Å². The zero-order valence-electron chi connectivity index (χ0n) is 13.7. The molecule has 3 rings (SSSR count). The fourth-order valence-corrected chi connectivity index (χ4v) is 3.26. The van der Waals surface area contributed by atoms with E-state index in [2.05, 4.69) is 9.71 Å². The topological polar surface area (TPSA) is 62.2 Å². The monoisotopic (exact) mass is 404 g/mol. The minimum Gasteiger partial charge on any atom is -0.478 e. The molecule has 132 valence electrons. The normalized spacial score (nSPS) is 10.6. The van der Waals surface area contributed by atoms with Crippen LogP contribution in [-0.2, 0) is 0 Å². The number of aryl methyl sites for hydroxylation is 1. The van der Waals surface area contributed by atoms with Gasteiger partial charge in [-0.25, -0.2) is 4.79 Å². The van der Waals surface area contributed by atoms with E-state index < -0.39 is 5.97 Å². The summed E-state index contributed by atoms with van der Waals surface area (Å²) in [5.41, 5.74) is 3.49. The Hall–Kier alpha value is -2.21. The van der Waals surface area contributed by atoms with Crippen LogP contribution in [0, 0.1) is 6.92 Å². The number of aromatic nitrogens is 1. The standard InChI is InChI=1S/C19H14Cl2N2O2S/c1-11-2-5-14(9-15(11)19(24)25)26-23-13-4-7-18(22-10-13)12-3-6-16(20)17(21)8-12/h2-10,23H,1H3,(H,24,25). The first-order valence-corrected chi connectivity index (χ1v) is 9.19. The smallest absolute Gasteiger partial charge is 0.335 e.